The van der Waals surface area contributed by atoms with Crippen LogP contribution < -0.4 is 0 Å². The number of thiophene rings is 1. The fourth-order valence-electron chi connectivity index (χ4n) is 2.62. The van der Waals surface area contributed by atoms with Gasteiger partial charge in [-0.3, -0.25) is 4.79 Å². The summed E-state index contributed by atoms with van der Waals surface area (Å²) in [4.78, 5) is 15.4. The van der Waals surface area contributed by atoms with Crippen molar-refractivity contribution in [1.29, 1.82) is 0 Å². The van der Waals surface area contributed by atoms with Gasteiger partial charge in [-0.1, -0.05) is 0 Å². The maximum absolute atomic E-state index is 12.5. The molecule has 0 N–H and O–H groups in total. The van der Waals surface area contributed by atoms with Crippen LogP contribution in [-0.2, 0) is 21.4 Å². The zero-order valence-electron chi connectivity index (χ0n) is 12.7. The molecule has 0 aliphatic carbocycles. The van der Waals surface area contributed by atoms with Crippen LogP contribution in [0.4, 0.5) is 0 Å². The molecule has 2 rings (SSSR count). The largest absolute Gasteiger partial charge is 0.340 e. The van der Waals surface area contributed by atoms with Gasteiger partial charge in [0.1, 0.15) is 0 Å². The van der Waals surface area contributed by atoms with Crippen LogP contribution in [-0.4, -0.2) is 49.9 Å². The van der Waals surface area contributed by atoms with Crippen molar-refractivity contribution in [1.82, 2.24) is 9.21 Å². The predicted octanol–water partition coefficient (Wildman–Crippen LogP) is 1.69. The third-order valence-corrected chi connectivity index (χ3v) is 6.20. The van der Waals surface area contributed by atoms with Gasteiger partial charge in [0.05, 0.1) is 18.7 Å². The average molecular weight is 330 g/mol. The predicted molar refractivity (Wildman–Crippen MR) is 84.7 cm³/mol. The van der Waals surface area contributed by atoms with E-state index in [9.17, 15) is 13.2 Å². The molecular weight excluding hydrogens is 308 g/mol. The molecule has 5 nitrogen and oxygen atoms in total. The standard InChI is InChI=1S/C14H22N2O3S2/c1-11-6-8-20-13(11)10-15(2)14(17)12-5-4-7-16(9-12)21(3,18)19/h6,8,12H,4-5,7,9-10H2,1-3H3. The molecule has 1 aliphatic heterocycles. The minimum atomic E-state index is -3.21. The van der Waals surface area contributed by atoms with Crippen LogP contribution in [0.3, 0.4) is 0 Å². The van der Waals surface area contributed by atoms with Crippen molar-refractivity contribution in [2.24, 2.45) is 5.92 Å². The number of piperidine rings is 1. The lowest BCUT2D eigenvalue weighted by molar-refractivity contribution is -0.135. The highest BCUT2D eigenvalue weighted by atomic mass is 32.2. The van der Waals surface area contributed by atoms with E-state index in [0.29, 0.717) is 19.6 Å². The molecule has 1 fully saturated rings. The van der Waals surface area contributed by atoms with E-state index < -0.39 is 10.0 Å². The van der Waals surface area contributed by atoms with Gasteiger partial charge in [0.15, 0.2) is 0 Å². The minimum absolute atomic E-state index is 0.0381. The van der Waals surface area contributed by atoms with Crippen molar-refractivity contribution < 1.29 is 13.2 Å². The Bertz CT molecular complexity index is 609. The second-order valence-electron chi connectivity index (χ2n) is 5.68. The van der Waals surface area contributed by atoms with Crippen molar-refractivity contribution in [2.75, 3.05) is 26.4 Å². The first-order valence-corrected chi connectivity index (χ1v) is 9.75. The highest BCUT2D eigenvalue weighted by Gasteiger charge is 2.31. The Morgan fingerprint density at radius 3 is 2.81 bits per heavy atom. The zero-order chi connectivity index (χ0) is 15.6. The van der Waals surface area contributed by atoms with Gasteiger partial charge in [0, 0.05) is 25.0 Å². The summed E-state index contributed by atoms with van der Waals surface area (Å²) in [6.45, 7) is 3.47. The summed E-state index contributed by atoms with van der Waals surface area (Å²) in [6, 6.07) is 2.05. The quantitative estimate of drug-likeness (QED) is 0.844. The number of carbonyl (C=O) groups is 1. The number of rotatable bonds is 4. The molecule has 0 bridgehead atoms. The van der Waals surface area contributed by atoms with Crippen LogP contribution in [0.5, 0.6) is 0 Å². The summed E-state index contributed by atoms with van der Waals surface area (Å²) in [5.41, 5.74) is 1.20. The molecule has 0 aromatic carbocycles. The first kappa shape index (κ1) is 16.5. The van der Waals surface area contributed by atoms with E-state index in [4.69, 9.17) is 0 Å². The molecule has 1 aromatic rings. The lowest BCUT2D eigenvalue weighted by Crippen LogP contribution is -2.45. The number of sulfonamides is 1. The molecule has 1 unspecified atom stereocenters. The molecule has 1 aromatic heterocycles. The third-order valence-electron chi connectivity index (χ3n) is 3.93. The Balaban J connectivity index is 2.00. The fourth-order valence-corrected chi connectivity index (χ4v) is 4.49. The Hall–Kier alpha value is -0.920. The van der Waals surface area contributed by atoms with E-state index in [-0.39, 0.29) is 11.8 Å². The molecule has 118 valence electrons. The van der Waals surface area contributed by atoms with Crippen LogP contribution in [0, 0.1) is 12.8 Å². The topological polar surface area (TPSA) is 57.7 Å². The number of hydrogen-bond acceptors (Lipinski definition) is 4. The summed E-state index contributed by atoms with van der Waals surface area (Å²) in [6.07, 6.45) is 2.71. The van der Waals surface area contributed by atoms with E-state index in [1.54, 1.807) is 23.3 Å². The molecule has 0 spiro atoms. The number of nitrogens with zero attached hydrogens (tertiary/aromatic N) is 2. The van der Waals surface area contributed by atoms with E-state index in [0.717, 1.165) is 12.8 Å². The van der Waals surface area contributed by atoms with Crippen molar-refractivity contribution in [3.05, 3.63) is 21.9 Å². The van der Waals surface area contributed by atoms with E-state index >= 15 is 0 Å². The van der Waals surface area contributed by atoms with Crippen LogP contribution in [0.25, 0.3) is 0 Å². The molecule has 1 amide bonds. The Kier molecular flexibility index (Phi) is 5.06. The lowest BCUT2D eigenvalue weighted by atomic mass is 9.98. The van der Waals surface area contributed by atoms with Crippen molar-refractivity contribution >= 4 is 27.3 Å². The van der Waals surface area contributed by atoms with Gasteiger partial charge in [0.2, 0.25) is 15.9 Å². The van der Waals surface area contributed by atoms with Gasteiger partial charge < -0.3 is 4.90 Å². The minimum Gasteiger partial charge on any atom is -0.340 e. The smallest absolute Gasteiger partial charge is 0.227 e. The molecule has 7 heteroatoms. The second-order valence-corrected chi connectivity index (χ2v) is 8.66. The number of carbonyl (C=O) groups excluding carboxylic acids is 1. The third kappa shape index (κ3) is 4.05. The lowest BCUT2D eigenvalue weighted by Gasteiger charge is -2.32. The SMILES string of the molecule is Cc1ccsc1CN(C)C(=O)C1CCCN(S(C)(=O)=O)C1. The number of amides is 1. The van der Waals surface area contributed by atoms with Gasteiger partial charge in [-0.15, -0.1) is 11.3 Å². The van der Waals surface area contributed by atoms with Crippen molar-refractivity contribution in [3.63, 3.8) is 0 Å². The highest BCUT2D eigenvalue weighted by molar-refractivity contribution is 7.88. The van der Waals surface area contributed by atoms with Gasteiger partial charge >= 0.3 is 0 Å². The summed E-state index contributed by atoms with van der Waals surface area (Å²) in [5.74, 6) is -0.185. The Morgan fingerprint density at radius 1 is 1.52 bits per heavy atom. The first-order valence-electron chi connectivity index (χ1n) is 7.02. The maximum atomic E-state index is 12.5. The van der Waals surface area contributed by atoms with E-state index in [1.807, 2.05) is 18.4 Å². The molecule has 2 heterocycles. The molecule has 0 radical (unpaired) electrons. The summed E-state index contributed by atoms with van der Waals surface area (Å²) in [7, 11) is -1.42. The molecule has 21 heavy (non-hydrogen) atoms. The zero-order valence-corrected chi connectivity index (χ0v) is 14.3. The van der Waals surface area contributed by atoms with Gasteiger partial charge in [-0.25, -0.2) is 12.7 Å². The van der Waals surface area contributed by atoms with Crippen LogP contribution in [0.2, 0.25) is 0 Å². The van der Waals surface area contributed by atoms with E-state index in [1.165, 1.54) is 21.0 Å². The van der Waals surface area contributed by atoms with Crippen LogP contribution >= 0.6 is 11.3 Å². The van der Waals surface area contributed by atoms with Crippen LogP contribution in [0.1, 0.15) is 23.3 Å². The number of aryl methyl sites for hydroxylation is 1. The molecular formula is C14H22N2O3S2. The number of hydrogen-bond donors (Lipinski definition) is 0. The van der Waals surface area contributed by atoms with Gasteiger partial charge in [-0.2, -0.15) is 0 Å². The van der Waals surface area contributed by atoms with E-state index in [2.05, 4.69) is 0 Å². The van der Waals surface area contributed by atoms with Gasteiger partial charge in [-0.05, 0) is 36.8 Å². The maximum Gasteiger partial charge on any atom is 0.227 e. The average Bonchev–Trinajstić information content (AvgIpc) is 2.82. The van der Waals surface area contributed by atoms with Crippen molar-refractivity contribution in [3.8, 4) is 0 Å². The van der Waals surface area contributed by atoms with Gasteiger partial charge in [0.25, 0.3) is 0 Å². The molecule has 0 saturated carbocycles. The summed E-state index contributed by atoms with van der Waals surface area (Å²) < 4.78 is 24.7. The summed E-state index contributed by atoms with van der Waals surface area (Å²) >= 11 is 1.65. The van der Waals surface area contributed by atoms with Crippen molar-refractivity contribution in [2.45, 2.75) is 26.3 Å². The normalized spacial score (nSPS) is 20.4. The Labute approximate surface area is 130 Å². The molecule has 1 atom stereocenters. The molecule has 1 aliphatic rings. The summed E-state index contributed by atoms with van der Waals surface area (Å²) in [5, 5.41) is 2.02. The van der Waals surface area contributed by atoms with Crippen LogP contribution in [0.15, 0.2) is 11.4 Å². The second kappa shape index (κ2) is 6.46. The first-order chi connectivity index (χ1) is 9.79. The molecule has 1 saturated heterocycles. The monoisotopic (exact) mass is 330 g/mol. The highest BCUT2D eigenvalue weighted by Crippen LogP contribution is 2.23. The Morgan fingerprint density at radius 2 is 2.24 bits per heavy atom. The fraction of sp³-hybridized carbons (Fsp3) is 0.643.